The lowest BCUT2D eigenvalue weighted by molar-refractivity contribution is -0.149. The SMILES string of the molecule is CC(C)N(CCC(N)C(F)(F)F)C(=O)OC(C)(C)C. The van der Waals surface area contributed by atoms with Crippen molar-refractivity contribution in [2.45, 2.75) is 64.9 Å². The first-order valence-corrected chi connectivity index (χ1v) is 6.16. The number of rotatable bonds is 4. The van der Waals surface area contributed by atoms with E-state index in [0.717, 1.165) is 0 Å². The molecule has 0 heterocycles. The van der Waals surface area contributed by atoms with Gasteiger partial charge in [0.15, 0.2) is 0 Å². The summed E-state index contributed by atoms with van der Waals surface area (Å²) < 4.78 is 42.1. The Balaban J connectivity index is 4.56. The van der Waals surface area contributed by atoms with Gasteiger partial charge in [0.05, 0.1) is 0 Å². The second-order valence-corrected chi connectivity index (χ2v) is 5.70. The lowest BCUT2D eigenvalue weighted by Crippen LogP contribution is -2.45. The fourth-order valence-corrected chi connectivity index (χ4v) is 1.32. The highest BCUT2D eigenvalue weighted by Gasteiger charge is 2.37. The molecule has 0 saturated heterocycles. The minimum atomic E-state index is -4.45. The van der Waals surface area contributed by atoms with E-state index in [9.17, 15) is 18.0 Å². The molecule has 0 aliphatic rings. The second kappa shape index (κ2) is 6.45. The van der Waals surface area contributed by atoms with Crippen molar-refractivity contribution < 1.29 is 22.7 Å². The van der Waals surface area contributed by atoms with Gasteiger partial charge in [0.2, 0.25) is 0 Å². The summed E-state index contributed by atoms with van der Waals surface area (Å²) in [5.74, 6) is 0. The van der Waals surface area contributed by atoms with Crippen molar-refractivity contribution in [1.29, 1.82) is 0 Å². The Labute approximate surface area is 112 Å². The van der Waals surface area contributed by atoms with Gasteiger partial charge in [-0.3, -0.25) is 0 Å². The van der Waals surface area contributed by atoms with E-state index >= 15 is 0 Å². The van der Waals surface area contributed by atoms with Crippen molar-refractivity contribution in [2.24, 2.45) is 5.73 Å². The molecule has 0 spiro atoms. The van der Waals surface area contributed by atoms with Crippen molar-refractivity contribution in [3.05, 3.63) is 0 Å². The van der Waals surface area contributed by atoms with Gasteiger partial charge in [-0.15, -0.1) is 0 Å². The topological polar surface area (TPSA) is 55.6 Å². The van der Waals surface area contributed by atoms with Crippen molar-refractivity contribution >= 4 is 6.09 Å². The molecule has 19 heavy (non-hydrogen) atoms. The molecule has 0 bridgehead atoms. The predicted octanol–water partition coefficient (Wildman–Crippen LogP) is 2.91. The van der Waals surface area contributed by atoms with Crippen LogP contribution in [0.15, 0.2) is 0 Å². The van der Waals surface area contributed by atoms with Crippen molar-refractivity contribution in [3.8, 4) is 0 Å². The summed E-state index contributed by atoms with van der Waals surface area (Å²) in [6.07, 6.45) is -5.42. The number of nitrogens with zero attached hydrogens (tertiary/aromatic N) is 1. The van der Waals surface area contributed by atoms with Gasteiger partial charge in [0.1, 0.15) is 11.6 Å². The normalized spacial score (nSPS) is 14.4. The van der Waals surface area contributed by atoms with Gasteiger partial charge in [0, 0.05) is 12.6 Å². The number of hydrogen-bond donors (Lipinski definition) is 1. The van der Waals surface area contributed by atoms with Crippen molar-refractivity contribution in [1.82, 2.24) is 4.90 Å². The molecule has 114 valence electrons. The van der Waals surface area contributed by atoms with Gasteiger partial charge in [-0.05, 0) is 41.0 Å². The molecule has 1 unspecified atom stereocenters. The molecule has 2 N–H and O–H groups in total. The van der Waals surface area contributed by atoms with E-state index in [4.69, 9.17) is 10.5 Å². The van der Waals surface area contributed by atoms with E-state index in [-0.39, 0.29) is 19.0 Å². The van der Waals surface area contributed by atoms with E-state index in [1.165, 1.54) is 4.90 Å². The Morgan fingerprint density at radius 1 is 1.26 bits per heavy atom. The summed E-state index contributed by atoms with van der Waals surface area (Å²) in [6, 6.07) is -2.19. The maximum atomic E-state index is 12.3. The number of ether oxygens (including phenoxy) is 1. The number of alkyl halides is 3. The molecule has 0 aliphatic heterocycles. The molecule has 0 aromatic heterocycles. The molecule has 0 aromatic carbocycles. The minimum Gasteiger partial charge on any atom is -0.444 e. The maximum Gasteiger partial charge on any atom is 0.410 e. The van der Waals surface area contributed by atoms with E-state index in [1.54, 1.807) is 34.6 Å². The Morgan fingerprint density at radius 3 is 2.05 bits per heavy atom. The molecule has 0 aromatic rings. The summed E-state index contributed by atoms with van der Waals surface area (Å²) in [6.45, 7) is 8.43. The van der Waals surface area contributed by atoms with Crippen LogP contribution in [-0.2, 0) is 4.74 Å². The molecule has 4 nitrogen and oxygen atoms in total. The van der Waals surface area contributed by atoms with Crippen LogP contribution >= 0.6 is 0 Å². The first-order valence-electron chi connectivity index (χ1n) is 6.16. The van der Waals surface area contributed by atoms with Gasteiger partial charge < -0.3 is 15.4 Å². The number of hydrogen-bond acceptors (Lipinski definition) is 3. The zero-order valence-electron chi connectivity index (χ0n) is 12.0. The van der Waals surface area contributed by atoms with Crippen LogP contribution in [0.4, 0.5) is 18.0 Å². The molecule has 1 atom stereocenters. The van der Waals surface area contributed by atoms with E-state index < -0.39 is 23.9 Å². The maximum absolute atomic E-state index is 12.3. The summed E-state index contributed by atoms with van der Waals surface area (Å²) in [5, 5.41) is 0. The quantitative estimate of drug-likeness (QED) is 0.863. The Kier molecular flexibility index (Phi) is 6.12. The molecule has 0 aliphatic carbocycles. The molecule has 0 rings (SSSR count). The molecule has 1 amide bonds. The fourth-order valence-electron chi connectivity index (χ4n) is 1.32. The van der Waals surface area contributed by atoms with Gasteiger partial charge in [-0.1, -0.05) is 0 Å². The zero-order valence-corrected chi connectivity index (χ0v) is 12.0. The van der Waals surface area contributed by atoms with E-state index in [2.05, 4.69) is 0 Å². The Hall–Kier alpha value is -0.980. The summed E-state index contributed by atoms with van der Waals surface area (Å²) in [7, 11) is 0. The number of halogens is 3. The van der Waals surface area contributed by atoms with Crippen LogP contribution in [-0.4, -0.2) is 41.4 Å². The highest BCUT2D eigenvalue weighted by molar-refractivity contribution is 5.68. The number of carbonyl (C=O) groups excluding carboxylic acids is 1. The van der Waals surface area contributed by atoms with Crippen molar-refractivity contribution in [3.63, 3.8) is 0 Å². The smallest absolute Gasteiger partial charge is 0.410 e. The monoisotopic (exact) mass is 284 g/mol. The predicted molar refractivity (Wildman–Crippen MR) is 66.7 cm³/mol. The van der Waals surface area contributed by atoms with Gasteiger partial charge >= 0.3 is 12.3 Å². The van der Waals surface area contributed by atoms with Crippen LogP contribution < -0.4 is 5.73 Å². The lowest BCUT2D eigenvalue weighted by atomic mass is 10.2. The van der Waals surface area contributed by atoms with Gasteiger partial charge in [-0.2, -0.15) is 13.2 Å². The average Bonchev–Trinajstić information content (AvgIpc) is 2.12. The second-order valence-electron chi connectivity index (χ2n) is 5.70. The molecule has 7 heteroatoms. The summed E-state index contributed by atoms with van der Waals surface area (Å²) >= 11 is 0. The average molecular weight is 284 g/mol. The van der Waals surface area contributed by atoms with Crippen molar-refractivity contribution in [2.75, 3.05) is 6.54 Å². The summed E-state index contributed by atoms with van der Waals surface area (Å²) in [4.78, 5) is 13.1. The standard InChI is InChI=1S/C12H23F3N2O2/c1-8(2)17(10(18)19-11(3,4)5)7-6-9(16)12(13,14)15/h8-9H,6-7,16H2,1-5H3. The van der Waals surface area contributed by atoms with Crippen LogP contribution in [0.1, 0.15) is 41.0 Å². The van der Waals surface area contributed by atoms with Crippen LogP contribution in [0, 0.1) is 0 Å². The van der Waals surface area contributed by atoms with Crippen LogP contribution in [0.2, 0.25) is 0 Å². The first-order chi connectivity index (χ1) is 8.34. The van der Waals surface area contributed by atoms with E-state index in [1.807, 2.05) is 0 Å². The molecular formula is C12H23F3N2O2. The highest BCUT2D eigenvalue weighted by atomic mass is 19.4. The van der Waals surface area contributed by atoms with Crippen LogP contribution in [0.25, 0.3) is 0 Å². The minimum absolute atomic E-state index is 0.0900. The van der Waals surface area contributed by atoms with E-state index in [0.29, 0.717) is 0 Å². The zero-order chi connectivity index (χ0) is 15.4. The fraction of sp³-hybridized carbons (Fsp3) is 0.917. The number of amides is 1. The third-order valence-electron chi connectivity index (χ3n) is 2.35. The summed E-state index contributed by atoms with van der Waals surface area (Å²) in [5.41, 5.74) is 4.34. The lowest BCUT2D eigenvalue weighted by Gasteiger charge is -2.31. The number of nitrogens with two attached hydrogens (primary N) is 1. The molecular weight excluding hydrogens is 261 g/mol. The largest absolute Gasteiger partial charge is 0.444 e. The highest BCUT2D eigenvalue weighted by Crippen LogP contribution is 2.21. The van der Waals surface area contributed by atoms with Gasteiger partial charge in [-0.25, -0.2) is 4.79 Å². The molecule has 0 fully saturated rings. The van der Waals surface area contributed by atoms with Crippen LogP contribution in [0.3, 0.4) is 0 Å². The number of carbonyl (C=O) groups is 1. The molecule has 0 radical (unpaired) electrons. The van der Waals surface area contributed by atoms with Gasteiger partial charge in [0.25, 0.3) is 0 Å². The van der Waals surface area contributed by atoms with Crippen LogP contribution in [0.5, 0.6) is 0 Å². The third-order valence-corrected chi connectivity index (χ3v) is 2.35. The third kappa shape index (κ3) is 7.25. The molecule has 0 saturated carbocycles. The Morgan fingerprint density at radius 2 is 1.74 bits per heavy atom. The first kappa shape index (κ1) is 18.0. The Bertz CT molecular complexity index is 298.